The number of amides is 1. The SMILES string of the molecule is C[C@H]1[C@H](NC(=O)c2ccc(Oc3ccc(O)cc3)s2)CCCCCCCCCCCCCCCCCCCCC2CCN1CC2. The van der Waals surface area contributed by atoms with Gasteiger partial charge >= 0.3 is 0 Å². The van der Waals surface area contributed by atoms with E-state index in [-0.39, 0.29) is 17.7 Å². The number of piperidine rings is 1. The Labute approximate surface area is 278 Å². The van der Waals surface area contributed by atoms with E-state index in [1.807, 2.05) is 12.1 Å². The fourth-order valence-corrected chi connectivity index (χ4v) is 8.11. The molecule has 3 aliphatic heterocycles. The second-order valence-electron chi connectivity index (χ2n) is 14.0. The lowest BCUT2D eigenvalue weighted by Crippen LogP contribution is -2.52. The lowest BCUT2D eigenvalue weighted by Gasteiger charge is -2.40. The van der Waals surface area contributed by atoms with Gasteiger partial charge in [0.15, 0.2) is 5.06 Å². The molecule has 2 atom stereocenters. The number of nitrogens with zero attached hydrogens (tertiary/aromatic N) is 1. The van der Waals surface area contributed by atoms with E-state index in [9.17, 15) is 9.90 Å². The number of nitrogens with one attached hydrogen (secondary N) is 1. The van der Waals surface area contributed by atoms with E-state index in [1.165, 1.54) is 146 Å². The number of carbonyl (C=O) groups excluding carboxylic acids is 1. The van der Waals surface area contributed by atoms with Crippen molar-refractivity contribution in [1.29, 1.82) is 0 Å². The van der Waals surface area contributed by atoms with Crippen LogP contribution >= 0.6 is 11.3 Å². The highest BCUT2D eigenvalue weighted by Gasteiger charge is 2.29. The van der Waals surface area contributed by atoms with Crippen LogP contribution in [0, 0.1) is 5.92 Å². The maximum atomic E-state index is 13.5. The molecular weight excluding hydrogens is 577 g/mol. The number of aromatic hydroxyl groups is 1. The summed E-state index contributed by atoms with van der Waals surface area (Å²) in [4.78, 5) is 16.8. The molecule has 3 saturated heterocycles. The van der Waals surface area contributed by atoms with Gasteiger partial charge in [-0.2, -0.15) is 0 Å². The van der Waals surface area contributed by atoms with Gasteiger partial charge in [0.05, 0.1) is 4.88 Å². The zero-order chi connectivity index (χ0) is 31.5. The van der Waals surface area contributed by atoms with Gasteiger partial charge in [0.2, 0.25) is 0 Å². The van der Waals surface area contributed by atoms with Crippen LogP contribution in [0.15, 0.2) is 36.4 Å². The van der Waals surface area contributed by atoms with Crippen molar-refractivity contribution in [3.05, 3.63) is 41.3 Å². The average Bonchev–Trinajstić information content (AvgIpc) is 3.52. The van der Waals surface area contributed by atoms with Crippen LogP contribution in [0.2, 0.25) is 0 Å². The van der Waals surface area contributed by atoms with Crippen LogP contribution in [0.3, 0.4) is 0 Å². The van der Waals surface area contributed by atoms with Crippen LogP contribution in [0.25, 0.3) is 0 Å². The summed E-state index contributed by atoms with van der Waals surface area (Å²) in [5.74, 6) is 1.74. The molecule has 0 saturated carbocycles. The first-order valence-electron chi connectivity index (χ1n) is 18.7. The minimum absolute atomic E-state index is 0.00644. The minimum Gasteiger partial charge on any atom is -0.508 e. The van der Waals surface area contributed by atoms with E-state index in [4.69, 9.17) is 4.74 Å². The molecule has 2 bridgehead atoms. The smallest absolute Gasteiger partial charge is 0.261 e. The first kappa shape index (κ1) is 35.8. The molecule has 0 unspecified atom stereocenters. The van der Waals surface area contributed by atoms with Gasteiger partial charge < -0.3 is 15.2 Å². The Morgan fingerprint density at radius 3 is 1.71 bits per heavy atom. The van der Waals surface area contributed by atoms with E-state index < -0.39 is 0 Å². The molecule has 1 aromatic heterocycles. The molecule has 1 amide bonds. The minimum atomic E-state index is 0.00644. The highest BCUT2D eigenvalue weighted by atomic mass is 32.1. The third-order valence-corrected chi connectivity index (χ3v) is 11.3. The Hall–Kier alpha value is -2.05. The zero-order valence-corrected chi connectivity index (χ0v) is 29.1. The van der Waals surface area contributed by atoms with Gasteiger partial charge in [0, 0.05) is 12.1 Å². The predicted molar refractivity (Wildman–Crippen MR) is 190 cm³/mol. The van der Waals surface area contributed by atoms with Gasteiger partial charge in [0.25, 0.3) is 5.91 Å². The summed E-state index contributed by atoms with van der Waals surface area (Å²) in [6.07, 6.45) is 30.0. The van der Waals surface area contributed by atoms with Crippen molar-refractivity contribution in [2.45, 2.75) is 160 Å². The topological polar surface area (TPSA) is 61.8 Å². The summed E-state index contributed by atoms with van der Waals surface area (Å²) in [7, 11) is 0. The second-order valence-corrected chi connectivity index (χ2v) is 15.0. The van der Waals surface area contributed by atoms with Crippen LogP contribution in [-0.2, 0) is 0 Å². The van der Waals surface area contributed by atoms with Crippen LogP contribution in [-0.4, -0.2) is 41.1 Å². The van der Waals surface area contributed by atoms with Crippen molar-refractivity contribution in [1.82, 2.24) is 10.2 Å². The average molecular weight is 639 g/mol. The van der Waals surface area contributed by atoms with Crippen molar-refractivity contribution in [3.63, 3.8) is 0 Å². The molecule has 2 aromatic rings. The number of fused-ring (bicyclic) bond motifs is 23. The zero-order valence-electron chi connectivity index (χ0n) is 28.3. The number of hydrogen-bond acceptors (Lipinski definition) is 5. The molecule has 5 nitrogen and oxygen atoms in total. The largest absolute Gasteiger partial charge is 0.508 e. The van der Waals surface area contributed by atoms with E-state index in [1.54, 1.807) is 24.3 Å². The summed E-state index contributed by atoms with van der Waals surface area (Å²) in [6, 6.07) is 10.9. The van der Waals surface area contributed by atoms with Crippen molar-refractivity contribution in [2.24, 2.45) is 5.92 Å². The Bertz CT molecular complexity index is 1060. The number of rotatable bonds is 4. The Morgan fingerprint density at radius 2 is 1.18 bits per heavy atom. The third kappa shape index (κ3) is 13.7. The van der Waals surface area contributed by atoms with Crippen molar-refractivity contribution < 1.29 is 14.6 Å². The molecule has 1 aromatic carbocycles. The molecule has 2 N–H and O–H groups in total. The quantitative estimate of drug-likeness (QED) is 0.350. The van der Waals surface area contributed by atoms with Gasteiger partial charge in [-0.3, -0.25) is 9.69 Å². The van der Waals surface area contributed by atoms with Crippen molar-refractivity contribution in [3.8, 4) is 16.6 Å². The lowest BCUT2D eigenvalue weighted by molar-refractivity contribution is 0.0831. The first-order valence-corrected chi connectivity index (χ1v) is 19.5. The van der Waals surface area contributed by atoms with Gasteiger partial charge in [-0.05, 0) is 81.6 Å². The maximum absolute atomic E-state index is 13.5. The summed E-state index contributed by atoms with van der Waals surface area (Å²) in [6.45, 7) is 4.65. The number of ether oxygens (including phenoxy) is 1. The molecule has 4 heterocycles. The Morgan fingerprint density at radius 1 is 0.689 bits per heavy atom. The second kappa shape index (κ2) is 20.9. The molecule has 5 rings (SSSR count). The fraction of sp³-hybridized carbons (Fsp3) is 0.718. The van der Waals surface area contributed by atoms with Crippen molar-refractivity contribution >= 4 is 17.2 Å². The molecule has 252 valence electrons. The first-order chi connectivity index (χ1) is 22.1. The van der Waals surface area contributed by atoms with Gasteiger partial charge in [0.1, 0.15) is 11.5 Å². The van der Waals surface area contributed by atoms with E-state index in [0.29, 0.717) is 21.7 Å². The maximum Gasteiger partial charge on any atom is 0.261 e. The normalized spacial score (nSPS) is 26.2. The molecule has 0 spiro atoms. The number of phenols is 1. The molecule has 0 radical (unpaired) electrons. The summed E-state index contributed by atoms with van der Waals surface area (Å²) < 4.78 is 5.93. The molecule has 6 heteroatoms. The molecule has 0 aliphatic carbocycles. The van der Waals surface area contributed by atoms with Crippen LogP contribution in [0.5, 0.6) is 16.6 Å². The standard InChI is InChI=1S/C39H62N2O3S/c1-32-36(40-39(43)37-26-27-38(45-37)44-35-24-22-34(42)23-25-35)21-19-17-15-13-11-9-7-5-3-2-4-6-8-10-12-14-16-18-20-33-28-30-41(32)31-29-33/h22-27,32-33,36,42H,2-21,28-31H2,1H3,(H,40,43)/t32-,36+/m0/s1. The number of hydrogen-bond donors (Lipinski definition) is 2. The highest BCUT2D eigenvalue weighted by Crippen LogP contribution is 2.31. The molecule has 3 aliphatic rings. The highest BCUT2D eigenvalue weighted by molar-refractivity contribution is 7.15. The van der Waals surface area contributed by atoms with Crippen LogP contribution in [0.4, 0.5) is 0 Å². The van der Waals surface area contributed by atoms with Gasteiger partial charge in [-0.1, -0.05) is 133 Å². The van der Waals surface area contributed by atoms with Gasteiger partial charge in [-0.15, -0.1) is 0 Å². The van der Waals surface area contributed by atoms with E-state index >= 15 is 0 Å². The molecular formula is C39H62N2O3S. The molecule has 45 heavy (non-hydrogen) atoms. The lowest BCUT2D eigenvalue weighted by atomic mass is 9.89. The summed E-state index contributed by atoms with van der Waals surface area (Å²) >= 11 is 1.38. The van der Waals surface area contributed by atoms with E-state index in [0.717, 1.165) is 25.4 Å². The van der Waals surface area contributed by atoms with Gasteiger partial charge in [-0.25, -0.2) is 0 Å². The monoisotopic (exact) mass is 638 g/mol. The van der Waals surface area contributed by atoms with E-state index in [2.05, 4.69) is 17.1 Å². The number of thiophene rings is 1. The van der Waals surface area contributed by atoms with Crippen LogP contribution in [0.1, 0.15) is 158 Å². The predicted octanol–water partition coefficient (Wildman–Crippen LogP) is 11.3. The Balaban J connectivity index is 1.29. The fourth-order valence-electron chi connectivity index (χ4n) is 7.33. The number of carbonyl (C=O) groups is 1. The third-order valence-electron chi connectivity index (χ3n) is 10.4. The Kier molecular flexibility index (Phi) is 16.7. The van der Waals surface area contributed by atoms with Crippen molar-refractivity contribution in [2.75, 3.05) is 13.1 Å². The summed E-state index contributed by atoms with van der Waals surface area (Å²) in [5.41, 5.74) is 0. The molecule has 3 fully saturated rings. The number of benzene rings is 1. The number of phenolic OH excluding ortho intramolecular Hbond substituents is 1. The van der Waals surface area contributed by atoms with Crippen LogP contribution < -0.4 is 10.1 Å². The summed E-state index contributed by atoms with van der Waals surface area (Å²) in [5, 5.41) is 13.7.